The summed E-state index contributed by atoms with van der Waals surface area (Å²) in [5.41, 5.74) is 6.30. The van der Waals surface area contributed by atoms with Gasteiger partial charge in [-0.25, -0.2) is 5.43 Å². The maximum absolute atomic E-state index is 12.0. The molecule has 2 amide bonds. The molecule has 1 heterocycles. The van der Waals surface area contributed by atoms with Gasteiger partial charge in [-0.05, 0) is 51.0 Å². The van der Waals surface area contributed by atoms with Gasteiger partial charge in [0.15, 0.2) is 0 Å². The van der Waals surface area contributed by atoms with Gasteiger partial charge in [-0.3, -0.25) is 9.59 Å². The van der Waals surface area contributed by atoms with Crippen molar-refractivity contribution >= 4 is 34.0 Å². The number of halogens is 1. The number of amides is 2. The van der Waals surface area contributed by atoms with Crippen LogP contribution in [0.2, 0.25) is 0 Å². The zero-order valence-electron chi connectivity index (χ0n) is 16.2. The van der Waals surface area contributed by atoms with Crippen molar-refractivity contribution in [3.05, 3.63) is 51.8 Å². The van der Waals surface area contributed by atoms with Crippen LogP contribution in [0, 0.1) is 13.8 Å². The minimum Gasteiger partial charge on any atom is -0.345 e. The molecular weight excluding hydrogens is 420 g/mol. The number of nitrogens with one attached hydrogen (secondary N) is 2. The fraction of sp³-hybridized carbons (Fsp3) is 0.381. The SMILES string of the molecule is Cc1cc(/C=N\NC(=O)C(=O)NC2CCCCC2)c(C)n1-c1cccc(Br)c1. The monoisotopic (exact) mass is 444 g/mol. The minimum absolute atomic E-state index is 0.0973. The van der Waals surface area contributed by atoms with Gasteiger partial charge in [-0.2, -0.15) is 5.10 Å². The Kier molecular flexibility index (Phi) is 6.67. The van der Waals surface area contributed by atoms with Crippen LogP contribution in [0.5, 0.6) is 0 Å². The maximum atomic E-state index is 12.0. The second-order valence-electron chi connectivity index (χ2n) is 7.15. The quantitative estimate of drug-likeness (QED) is 0.427. The highest BCUT2D eigenvalue weighted by Gasteiger charge is 2.20. The maximum Gasteiger partial charge on any atom is 0.329 e. The molecule has 0 radical (unpaired) electrons. The van der Waals surface area contributed by atoms with E-state index in [0.717, 1.165) is 52.8 Å². The highest BCUT2D eigenvalue weighted by Crippen LogP contribution is 2.22. The molecule has 1 fully saturated rings. The first-order valence-electron chi connectivity index (χ1n) is 9.54. The molecule has 3 rings (SSSR count). The molecule has 0 saturated heterocycles. The molecule has 7 heteroatoms. The van der Waals surface area contributed by atoms with Crippen LogP contribution in [-0.4, -0.2) is 28.6 Å². The van der Waals surface area contributed by atoms with Crippen molar-refractivity contribution in [2.75, 3.05) is 0 Å². The number of carbonyl (C=O) groups excluding carboxylic acids is 2. The second kappa shape index (κ2) is 9.19. The predicted octanol–water partition coefficient (Wildman–Crippen LogP) is 3.76. The standard InChI is InChI=1S/C21H25BrN4O2/c1-14-11-16(15(2)26(14)19-10-6-7-17(22)12-19)13-23-25-21(28)20(27)24-18-8-4-3-5-9-18/h6-7,10-13,18H,3-5,8-9H2,1-2H3,(H,24,27)(H,25,28)/b23-13-. The number of hydrazone groups is 1. The van der Waals surface area contributed by atoms with E-state index in [2.05, 4.69) is 36.3 Å². The Balaban J connectivity index is 1.63. The molecule has 1 aliphatic carbocycles. The molecular formula is C21H25BrN4O2. The zero-order valence-corrected chi connectivity index (χ0v) is 17.8. The van der Waals surface area contributed by atoms with Gasteiger partial charge in [0.1, 0.15) is 0 Å². The summed E-state index contributed by atoms with van der Waals surface area (Å²) in [6.07, 6.45) is 6.83. The smallest absolute Gasteiger partial charge is 0.329 e. The largest absolute Gasteiger partial charge is 0.345 e. The van der Waals surface area contributed by atoms with Crippen molar-refractivity contribution in [2.45, 2.75) is 52.0 Å². The molecule has 0 atom stereocenters. The molecule has 1 aliphatic rings. The normalized spacial score (nSPS) is 15.0. The van der Waals surface area contributed by atoms with Gasteiger partial charge in [0.05, 0.1) is 6.21 Å². The molecule has 0 bridgehead atoms. The Bertz CT molecular complexity index is 898. The molecule has 1 saturated carbocycles. The van der Waals surface area contributed by atoms with Crippen molar-refractivity contribution in [2.24, 2.45) is 5.10 Å². The van der Waals surface area contributed by atoms with E-state index in [1.807, 2.05) is 44.2 Å². The third-order valence-electron chi connectivity index (χ3n) is 5.05. The predicted molar refractivity (Wildman–Crippen MR) is 114 cm³/mol. The molecule has 0 aliphatic heterocycles. The zero-order chi connectivity index (χ0) is 20.1. The van der Waals surface area contributed by atoms with Crippen LogP contribution in [0.15, 0.2) is 39.9 Å². The summed E-state index contributed by atoms with van der Waals surface area (Å²) in [7, 11) is 0. The van der Waals surface area contributed by atoms with Crippen LogP contribution in [-0.2, 0) is 9.59 Å². The Hall–Kier alpha value is -2.41. The minimum atomic E-state index is -0.734. The molecule has 2 N–H and O–H groups in total. The Morgan fingerprint density at radius 1 is 1.14 bits per heavy atom. The number of nitrogens with zero attached hydrogens (tertiary/aromatic N) is 2. The van der Waals surface area contributed by atoms with Crippen molar-refractivity contribution in [3.8, 4) is 5.69 Å². The highest BCUT2D eigenvalue weighted by molar-refractivity contribution is 9.10. The number of benzene rings is 1. The summed E-state index contributed by atoms with van der Waals surface area (Å²) in [6, 6.07) is 10.1. The topological polar surface area (TPSA) is 75.5 Å². The van der Waals surface area contributed by atoms with E-state index in [1.165, 1.54) is 6.42 Å². The Morgan fingerprint density at radius 2 is 1.89 bits per heavy atom. The molecule has 0 spiro atoms. The van der Waals surface area contributed by atoms with Crippen molar-refractivity contribution in [3.63, 3.8) is 0 Å². The van der Waals surface area contributed by atoms with E-state index in [9.17, 15) is 9.59 Å². The van der Waals surface area contributed by atoms with E-state index in [4.69, 9.17) is 0 Å². The molecule has 1 aromatic carbocycles. The summed E-state index contributed by atoms with van der Waals surface area (Å²) in [5.74, 6) is -1.36. The van der Waals surface area contributed by atoms with Crippen molar-refractivity contribution < 1.29 is 9.59 Å². The van der Waals surface area contributed by atoms with Gasteiger partial charge >= 0.3 is 11.8 Å². The van der Waals surface area contributed by atoms with Gasteiger partial charge < -0.3 is 9.88 Å². The average molecular weight is 445 g/mol. The molecule has 2 aromatic rings. The number of aromatic nitrogens is 1. The van der Waals surface area contributed by atoms with Gasteiger partial charge in [0.25, 0.3) is 0 Å². The lowest BCUT2D eigenvalue weighted by Crippen LogP contribution is -2.44. The lowest BCUT2D eigenvalue weighted by atomic mass is 9.95. The molecule has 28 heavy (non-hydrogen) atoms. The van der Waals surface area contributed by atoms with E-state index >= 15 is 0 Å². The summed E-state index contributed by atoms with van der Waals surface area (Å²) in [4.78, 5) is 24.0. The van der Waals surface area contributed by atoms with E-state index in [0.29, 0.717) is 0 Å². The van der Waals surface area contributed by atoms with Crippen LogP contribution in [0.3, 0.4) is 0 Å². The third kappa shape index (κ3) is 4.90. The van der Waals surface area contributed by atoms with Gasteiger partial charge in [-0.15, -0.1) is 0 Å². The van der Waals surface area contributed by atoms with Crippen LogP contribution >= 0.6 is 15.9 Å². The van der Waals surface area contributed by atoms with Crippen LogP contribution < -0.4 is 10.7 Å². The molecule has 1 aromatic heterocycles. The van der Waals surface area contributed by atoms with Gasteiger partial charge in [0, 0.05) is 33.2 Å². The Morgan fingerprint density at radius 3 is 2.61 bits per heavy atom. The number of carbonyl (C=O) groups is 2. The number of aryl methyl sites for hydroxylation is 1. The first-order chi connectivity index (χ1) is 13.5. The van der Waals surface area contributed by atoms with Crippen LogP contribution in [0.4, 0.5) is 0 Å². The van der Waals surface area contributed by atoms with Crippen molar-refractivity contribution in [1.29, 1.82) is 0 Å². The summed E-state index contributed by atoms with van der Waals surface area (Å²) < 4.78 is 3.12. The van der Waals surface area contributed by atoms with Crippen LogP contribution in [0.25, 0.3) is 5.69 Å². The second-order valence-corrected chi connectivity index (χ2v) is 8.06. The number of hydrogen-bond acceptors (Lipinski definition) is 3. The molecule has 0 unspecified atom stereocenters. The number of hydrogen-bond donors (Lipinski definition) is 2. The Labute approximate surface area is 173 Å². The van der Waals surface area contributed by atoms with E-state index in [-0.39, 0.29) is 6.04 Å². The van der Waals surface area contributed by atoms with Gasteiger partial charge in [-0.1, -0.05) is 41.3 Å². The van der Waals surface area contributed by atoms with E-state index in [1.54, 1.807) is 6.21 Å². The third-order valence-corrected chi connectivity index (χ3v) is 5.55. The van der Waals surface area contributed by atoms with Crippen molar-refractivity contribution in [1.82, 2.24) is 15.3 Å². The fourth-order valence-corrected chi connectivity index (χ4v) is 4.03. The summed E-state index contributed by atoms with van der Waals surface area (Å²) >= 11 is 3.50. The average Bonchev–Trinajstić information content (AvgIpc) is 2.96. The lowest BCUT2D eigenvalue weighted by molar-refractivity contribution is -0.139. The fourth-order valence-electron chi connectivity index (χ4n) is 3.64. The van der Waals surface area contributed by atoms with Gasteiger partial charge in [0.2, 0.25) is 0 Å². The summed E-state index contributed by atoms with van der Waals surface area (Å²) in [6.45, 7) is 4.01. The first-order valence-corrected chi connectivity index (χ1v) is 10.3. The van der Waals surface area contributed by atoms with E-state index < -0.39 is 11.8 Å². The lowest BCUT2D eigenvalue weighted by Gasteiger charge is -2.22. The van der Waals surface area contributed by atoms with Crippen LogP contribution in [0.1, 0.15) is 49.1 Å². The first kappa shape index (κ1) is 20.3. The summed E-state index contributed by atoms with van der Waals surface area (Å²) in [5, 5.41) is 6.76. The molecule has 6 nitrogen and oxygen atoms in total. The highest BCUT2D eigenvalue weighted by atomic mass is 79.9. The molecule has 148 valence electrons. The number of rotatable bonds is 4.